The van der Waals surface area contributed by atoms with E-state index in [4.69, 9.17) is 4.74 Å². The lowest BCUT2D eigenvalue weighted by Gasteiger charge is -2.17. The van der Waals surface area contributed by atoms with Gasteiger partial charge in [-0.15, -0.1) is 0 Å². The molecule has 36 heavy (non-hydrogen) atoms. The number of carbonyl (C=O) groups is 2. The Morgan fingerprint density at radius 2 is 1.64 bits per heavy atom. The molecular weight excluding hydrogens is 476 g/mol. The van der Waals surface area contributed by atoms with Gasteiger partial charge in [0.05, 0.1) is 22.1 Å². The van der Waals surface area contributed by atoms with Crippen molar-refractivity contribution in [2.45, 2.75) is 13.5 Å². The molecule has 0 aliphatic rings. The smallest absolute Gasteiger partial charge is 0.359 e. The van der Waals surface area contributed by atoms with Crippen LogP contribution in [0.2, 0.25) is 0 Å². The summed E-state index contributed by atoms with van der Waals surface area (Å²) < 4.78 is 7.60. The molecule has 3 aromatic carbocycles. The molecule has 8 nitrogen and oxygen atoms in total. The zero-order valence-corrected chi connectivity index (χ0v) is 20.3. The zero-order valence-electron chi connectivity index (χ0n) is 19.5. The molecule has 0 fully saturated rings. The molecule has 0 saturated heterocycles. The van der Waals surface area contributed by atoms with Crippen molar-refractivity contribution in [1.82, 2.24) is 14.8 Å². The number of rotatable bonds is 7. The maximum Gasteiger partial charge on any atom is 0.359 e. The van der Waals surface area contributed by atoms with Crippen LogP contribution in [0.25, 0.3) is 21.0 Å². The van der Waals surface area contributed by atoms with Crippen molar-refractivity contribution >= 4 is 49.3 Å². The van der Waals surface area contributed by atoms with Gasteiger partial charge in [0.1, 0.15) is 0 Å². The van der Waals surface area contributed by atoms with E-state index in [1.54, 1.807) is 24.3 Å². The second-order valence-electron chi connectivity index (χ2n) is 8.02. The monoisotopic (exact) mass is 498 g/mol. The first-order chi connectivity index (χ1) is 17.5. The summed E-state index contributed by atoms with van der Waals surface area (Å²) in [6.45, 7) is 1.93. The summed E-state index contributed by atoms with van der Waals surface area (Å²) in [6, 6.07) is 23.7. The number of anilines is 1. The van der Waals surface area contributed by atoms with Gasteiger partial charge in [0.25, 0.3) is 11.5 Å². The molecule has 2 heterocycles. The van der Waals surface area contributed by atoms with Crippen molar-refractivity contribution in [3.8, 4) is 0 Å². The molecule has 2 aromatic heterocycles. The Hall–Kier alpha value is -4.37. The number of carbonyl (C=O) groups excluding carboxylic acids is 2. The number of likely N-dealkylation sites (N-methyl/N-ethyl adjacent to an activating group) is 1. The van der Waals surface area contributed by atoms with Crippen molar-refractivity contribution in [2.24, 2.45) is 0 Å². The van der Waals surface area contributed by atoms with Gasteiger partial charge >= 0.3 is 5.97 Å². The fraction of sp³-hybridized carbons (Fsp3) is 0.148. The minimum absolute atomic E-state index is 0.0167. The molecule has 0 spiro atoms. The number of esters is 1. The summed E-state index contributed by atoms with van der Waals surface area (Å²) >= 11 is 1.40. The average Bonchev–Trinajstić information content (AvgIpc) is 3.33. The largest absolute Gasteiger partial charge is 0.451 e. The fourth-order valence-corrected chi connectivity index (χ4v) is 4.96. The van der Waals surface area contributed by atoms with Gasteiger partial charge in [0.15, 0.2) is 17.4 Å². The van der Waals surface area contributed by atoms with Crippen LogP contribution in [0.15, 0.2) is 83.7 Å². The molecule has 0 aliphatic heterocycles. The van der Waals surface area contributed by atoms with Crippen LogP contribution in [0, 0.1) is 0 Å². The molecule has 9 heteroatoms. The van der Waals surface area contributed by atoms with E-state index in [0.717, 1.165) is 15.8 Å². The van der Waals surface area contributed by atoms with Gasteiger partial charge in [-0.2, -0.15) is 5.10 Å². The lowest BCUT2D eigenvalue weighted by molar-refractivity contribution is -0.121. The first-order valence-corrected chi connectivity index (χ1v) is 12.2. The average molecular weight is 499 g/mol. The van der Waals surface area contributed by atoms with Gasteiger partial charge in [0, 0.05) is 11.9 Å². The van der Waals surface area contributed by atoms with Crippen LogP contribution >= 0.6 is 11.3 Å². The topological polar surface area (TPSA) is 94.4 Å². The maximum atomic E-state index is 13.1. The molecular formula is C27H22N4O4S. The molecule has 5 aromatic rings. The highest BCUT2D eigenvalue weighted by atomic mass is 32.1. The van der Waals surface area contributed by atoms with E-state index in [9.17, 15) is 14.4 Å². The Labute approximate surface area is 210 Å². The van der Waals surface area contributed by atoms with Crippen LogP contribution in [0.3, 0.4) is 0 Å². The molecule has 0 bridgehead atoms. The van der Waals surface area contributed by atoms with Crippen LogP contribution in [0.4, 0.5) is 5.13 Å². The summed E-state index contributed by atoms with van der Waals surface area (Å²) in [7, 11) is 0. The third-order valence-corrected chi connectivity index (χ3v) is 6.75. The Balaban J connectivity index is 1.39. The highest BCUT2D eigenvalue weighted by Gasteiger charge is 2.23. The van der Waals surface area contributed by atoms with Crippen molar-refractivity contribution in [3.63, 3.8) is 0 Å². The number of thiazole rings is 1. The molecule has 0 N–H and O–H groups in total. The molecule has 180 valence electrons. The number of hydrogen-bond donors (Lipinski definition) is 0. The van der Waals surface area contributed by atoms with Crippen LogP contribution in [-0.2, 0) is 16.1 Å². The standard InChI is InChI=1S/C27H22N4O4S/c1-2-30(27-28-21-14-8-9-15-22(21)36-27)23(32)17-35-26(34)24-19-12-6-7-13-20(19)25(33)31(29-24)16-18-10-4-3-5-11-18/h3-15H,2,16-17H2,1H3. The van der Waals surface area contributed by atoms with Crippen molar-refractivity contribution in [3.05, 3.63) is 100 Å². The second-order valence-corrected chi connectivity index (χ2v) is 9.03. The number of hydrogen-bond acceptors (Lipinski definition) is 7. The van der Waals surface area contributed by atoms with Gasteiger partial charge in [-0.05, 0) is 30.7 Å². The summed E-state index contributed by atoms with van der Waals surface area (Å²) in [4.78, 5) is 45.1. The Morgan fingerprint density at radius 1 is 0.944 bits per heavy atom. The van der Waals surface area contributed by atoms with Crippen molar-refractivity contribution in [2.75, 3.05) is 18.1 Å². The summed E-state index contributed by atoms with van der Waals surface area (Å²) in [5.74, 6) is -1.17. The van der Waals surface area contributed by atoms with E-state index in [1.165, 1.54) is 20.9 Å². The van der Waals surface area contributed by atoms with E-state index in [0.29, 0.717) is 22.4 Å². The first kappa shape index (κ1) is 23.4. The minimum atomic E-state index is -0.776. The normalized spacial score (nSPS) is 11.0. The maximum absolute atomic E-state index is 13.1. The molecule has 0 unspecified atom stereocenters. The number of ether oxygens (including phenoxy) is 1. The van der Waals surface area contributed by atoms with Crippen molar-refractivity contribution < 1.29 is 14.3 Å². The third kappa shape index (κ3) is 4.60. The summed E-state index contributed by atoms with van der Waals surface area (Å²) in [5, 5.41) is 5.59. The zero-order chi connectivity index (χ0) is 25.1. The van der Waals surface area contributed by atoms with Gasteiger partial charge < -0.3 is 4.74 Å². The highest BCUT2D eigenvalue weighted by Crippen LogP contribution is 2.28. The van der Waals surface area contributed by atoms with Crippen LogP contribution in [-0.4, -0.2) is 39.8 Å². The van der Waals surface area contributed by atoms with E-state index < -0.39 is 18.5 Å². The summed E-state index contributed by atoms with van der Waals surface area (Å²) in [6.07, 6.45) is 0. The van der Waals surface area contributed by atoms with Crippen LogP contribution < -0.4 is 10.5 Å². The number of aromatic nitrogens is 3. The first-order valence-electron chi connectivity index (χ1n) is 11.4. The molecule has 0 saturated carbocycles. The molecule has 0 aliphatic carbocycles. The molecule has 0 atom stereocenters. The number of amides is 1. The van der Waals surface area contributed by atoms with E-state index >= 15 is 0 Å². The number of fused-ring (bicyclic) bond motifs is 2. The summed E-state index contributed by atoms with van der Waals surface area (Å²) in [5.41, 5.74) is 1.34. The quantitative estimate of drug-likeness (QED) is 0.311. The minimum Gasteiger partial charge on any atom is -0.451 e. The molecule has 1 amide bonds. The van der Waals surface area contributed by atoms with Crippen LogP contribution in [0.1, 0.15) is 23.0 Å². The van der Waals surface area contributed by atoms with Gasteiger partial charge in [-0.25, -0.2) is 14.5 Å². The van der Waals surface area contributed by atoms with Gasteiger partial charge in [-0.1, -0.05) is 72.0 Å². The van der Waals surface area contributed by atoms with Gasteiger partial charge in [-0.3, -0.25) is 14.5 Å². The Kier molecular flexibility index (Phi) is 6.55. The number of para-hydroxylation sites is 1. The second kappa shape index (κ2) is 10.1. The molecule has 5 rings (SSSR count). The van der Waals surface area contributed by atoms with E-state index in [1.807, 2.05) is 61.5 Å². The lowest BCUT2D eigenvalue weighted by atomic mass is 10.1. The van der Waals surface area contributed by atoms with E-state index in [2.05, 4.69) is 10.1 Å². The highest BCUT2D eigenvalue weighted by molar-refractivity contribution is 7.22. The number of benzene rings is 3. The number of nitrogens with zero attached hydrogens (tertiary/aromatic N) is 4. The van der Waals surface area contributed by atoms with E-state index in [-0.39, 0.29) is 17.8 Å². The van der Waals surface area contributed by atoms with Crippen LogP contribution in [0.5, 0.6) is 0 Å². The lowest BCUT2D eigenvalue weighted by Crippen LogP contribution is -2.35. The van der Waals surface area contributed by atoms with Gasteiger partial charge in [0.2, 0.25) is 0 Å². The Bertz CT molecular complexity index is 1590. The fourth-order valence-electron chi connectivity index (χ4n) is 3.92. The molecule has 0 radical (unpaired) electrons. The predicted molar refractivity (Wildman–Crippen MR) is 139 cm³/mol. The Morgan fingerprint density at radius 3 is 2.39 bits per heavy atom. The SMILES string of the molecule is CCN(C(=O)COC(=O)c1nn(Cc2ccccc2)c(=O)c2ccccc12)c1nc2ccccc2s1. The van der Waals surface area contributed by atoms with Crippen molar-refractivity contribution in [1.29, 1.82) is 0 Å². The third-order valence-electron chi connectivity index (χ3n) is 5.69. The predicted octanol–water partition coefficient (Wildman–Crippen LogP) is 4.26.